The molecule has 2 aromatic heterocycles. The lowest BCUT2D eigenvalue weighted by molar-refractivity contribution is 0.102. The minimum absolute atomic E-state index is 0.110. The number of hydrogen-bond donors (Lipinski definition) is 1. The molecule has 0 aliphatic heterocycles. The van der Waals surface area contributed by atoms with Crippen molar-refractivity contribution in [3.05, 3.63) is 39.8 Å². The van der Waals surface area contributed by atoms with Gasteiger partial charge in [0.2, 0.25) is 0 Å². The highest BCUT2D eigenvalue weighted by atomic mass is 35.5. The summed E-state index contributed by atoms with van der Waals surface area (Å²) in [4.78, 5) is 15.7. The number of carbonyl (C=O) groups excluding carboxylic acids is 1. The van der Waals surface area contributed by atoms with Crippen LogP contribution in [0.15, 0.2) is 18.3 Å². The van der Waals surface area contributed by atoms with Gasteiger partial charge in [-0.15, -0.1) is 0 Å². The first kappa shape index (κ1) is 13.3. The SMILES string of the molecule is Cn1cc(C#N)c(NC(=O)c2cc(Cl)nc(Cl)c2)n1. The quantitative estimate of drug-likeness (QED) is 0.861. The molecule has 8 heteroatoms. The van der Waals surface area contributed by atoms with Crippen LogP contribution in [-0.2, 0) is 7.05 Å². The van der Waals surface area contributed by atoms with E-state index in [-0.39, 0.29) is 27.3 Å². The van der Waals surface area contributed by atoms with Crippen molar-refractivity contribution in [2.45, 2.75) is 0 Å². The molecule has 0 aromatic carbocycles. The van der Waals surface area contributed by atoms with Gasteiger partial charge < -0.3 is 5.32 Å². The third-order valence-corrected chi connectivity index (χ3v) is 2.59. The fourth-order valence-corrected chi connectivity index (χ4v) is 1.90. The van der Waals surface area contributed by atoms with Gasteiger partial charge in [0.1, 0.15) is 21.9 Å². The average molecular weight is 296 g/mol. The molecule has 6 nitrogen and oxygen atoms in total. The van der Waals surface area contributed by atoms with Crippen LogP contribution >= 0.6 is 23.2 Å². The van der Waals surface area contributed by atoms with Crippen molar-refractivity contribution in [3.8, 4) is 6.07 Å². The van der Waals surface area contributed by atoms with Gasteiger partial charge in [-0.2, -0.15) is 10.4 Å². The van der Waals surface area contributed by atoms with E-state index in [2.05, 4.69) is 15.4 Å². The molecule has 0 radical (unpaired) electrons. The van der Waals surface area contributed by atoms with Gasteiger partial charge in [0.15, 0.2) is 5.82 Å². The fourth-order valence-electron chi connectivity index (χ4n) is 1.44. The Morgan fingerprint density at radius 1 is 1.42 bits per heavy atom. The summed E-state index contributed by atoms with van der Waals surface area (Å²) >= 11 is 11.4. The first-order valence-corrected chi connectivity index (χ1v) is 5.83. The maximum absolute atomic E-state index is 12.0. The van der Waals surface area contributed by atoms with Crippen LogP contribution in [0.1, 0.15) is 15.9 Å². The number of nitriles is 1. The Kier molecular flexibility index (Phi) is 3.69. The summed E-state index contributed by atoms with van der Waals surface area (Å²) in [6.45, 7) is 0. The molecule has 0 saturated heterocycles. The van der Waals surface area contributed by atoms with Crippen molar-refractivity contribution in [1.29, 1.82) is 5.26 Å². The first-order chi connectivity index (χ1) is 8.99. The molecule has 1 amide bonds. The molecule has 0 aliphatic carbocycles. The van der Waals surface area contributed by atoms with E-state index in [1.54, 1.807) is 7.05 Å². The maximum Gasteiger partial charge on any atom is 0.257 e. The highest BCUT2D eigenvalue weighted by molar-refractivity contribution is 6.33. The summed E-state index contributed by atoms with van der Waals surface area (Å²) in [6, 6.07) is 4.68. The normalized spacial score (nSPS) is 10.0. The molecule has 0 fully saturated rings. The third kappa shape index (κ3) is 3.02. The van der Waals surface area contributed by atoms with Crippen molar-refractivity contribution in [2.24, 2.45) is 7.05 Å². The Labute approximate surface area is 118 Å². The Morgan fingerprint density at radius 3 is 2.63 bits per heavy atom. The van der Waals surface area contributed by atoms with Crippen LogP contribution < -0.4 is 5.32 Å². The van der Waals surface area contributed by atoms with Gasteiger partial charge in [-0.1, -0.05) is 23.2 Å². The van der Waals surface area contributed by atoms with Crippen LogP contribution in [0.3, 0.4) is 0 Å². The molecule has 0 atom stereocenters. The predicted molar refractivity (Wildman–Crippen MR) is 70.1 cm³/mol. The predicted octanol–water partition coefficient (Wildman–Crippen LogP) is 2.25. The van der Waals surface area contributed by atoms with Crippen LogP contribution in [0.4, 0.5) is 5.82 Å². The van der Waals surface area contributed by atoms with E-state index in [0.29, 0.717) is 0 Å². The zero-order valence-corrected chi connectivity index (χ0v) is 11.2. The van der Waals surface area contributed by atoms with Crippen molar-refractivity contribution >= 4 is 34.9 Å². The van der Waals surface area contributed by atoms with Crippen LogP contribution in [0.2, 0.25) is 10.3 Å². The number of aryl methyl sites for hydroxylation is 1. The van der Waals surface area contributed by atoms with Gasteiger partial charge in [0, 0.05) is 18.8 Å². The highest BCUT2D eigenvalue weighted by Gasteiger charge is 2.13. The fraction of sp³-hybridized carbons (Fsp3) is 0.0909. The number of pyridine rings is 1. The summed E-state index contributed by atoms with van der Waals surface area (Å²) in [5, 5.41) is 15.6. The largest absolute Gasteiger partial charge is 0.304 e. The van der Waals surface area contributed by atoms with Gasteiger partial charge in [-0.05, 0) is 12.1 Å². The van der Waals surface area contributed by atoms with Gasteiger partial charge in [-0.25, -0.2) is 4.98 Å². The molecule has 2 heterocycles. The number of carbonyl (C=O) groups is 1. The number of nitrogens with zero attached hydrogens (tertiary/aromatic N) is 4. The van der Waals surface area contributed by atoms with E-state index in [0.717, 1.165) is 0 Å². The number of aromatic nitrogens is 3. The van der Waals surface area contributed by atoms with Crippen molar-refractivity contribution in [2.75, 3.05) is 5.32 Å². The minimum Gasteiger partial charge on any atom is -0.304 e. The van der Waals surface area contributed by atoms with Gasteiger partial charge in [0.25, 0.3) is 5.91 Å². The molecule has 0 bridgehead atoms. The summed E-state index contributed by atoms with van der Waals surface area (Å²) < 4.78 is 1.43. The molecule has 19 heavy (non-hydrogen) atoms. The lowest BCUT2D eigenvalue weighted by atomic mass is 10.2. The van der Waals surface area contributed by atoms with Gasteiger partial charge in [-0.3, -0.25) is 9.48 Å². The summed E-state index contributed by atoms with van der Waals surface area (Å²) in [5.74, 6) is -0.291. The number of nitrogens with one attached hydrogen (secondary N) is 1. The molecular formula is C11H7Cl2N5O. The van der Waals surface area contributed by atoms with Crippen LogP contribution in [0.25, 0.3) is 0 Å². The lowest BCUT2D eigenvalue weighted by Gasteiger charge is -2.03. The van der Waals surface area contributed by atoms with E-state index in [4.69, 9.17) is 28.5 Å². The Bertz CT molecular complexity index is 669. The van der Waals surface area contributed by atoms with E-state index >= 15 is 0 Å². The van der Waals surface area contributed by atoms with E-state index in [1.165, 1.54) is 23.0 Å². The number of halogens is 2. The smallest absolute Gasteiger partial charge is 0.257 e. The molecule has 0 aliphatic rings. The van der Waals surface area contributed by atoms with Crippen molar-refractivity contribution in [1.82, 2.24) is 14.8 Å². The number of hydrogen-bond acceptors (Lipinski definition) is 4. The van der Waals surface area contributed by atoms with E-state index in [9.17, 15) is 4.79 Å². The minimum atomic E-state index is -0.471. The average Bonchev–Trinajstić information content (AvgIpc) is 2.68. The van der Waals surface area contributed by atoms with Crippen LogP contribution in [0, 0.1) is 11.3 Å². The molecule has 0 saturated carbocycles. The van der Waals surface area contributed by atoms with Crippen LogP contribution in [-0.4, -0.2) is 20.7 Å². The molecule has 2 aromatic rings. The molecule has 1 N–H and O–H groups in total. The van der Waals surface area contributed by atoms with Gasteiger partial charge >= 0.3 is 0 Å². The number of amides is 1. The molecular weight excluding hydrogens is 289 g/mol. The second-order valence-corrected chi connectivity index (χ2v) is 4.41. The standard InChI is InChI=1S/C11H7Cl2N5O/c1-18-5-7(4-14)10(17-18)16-11(19)6-2-8(12)15-9(13)3-6/h2-3,5H,1H3,(H,16,17,19). The van der Waals surface area contributed by atoms with Crippen molar-refractivity contribution < 1.29 is 4.79 Å². The lowest BCUT2D eigenvalue weighted by Crippen LogP contribution is -2.13. The summed E-state index contributed by atoms with van der Waals surface area (Å²) in [7, 11) is 1.65. The van der Waals surface area contributed by atoms with Crippen molar-refractivity contribution in [3.63, 3.8) is 0 Å². The van der Waals surface area contributed by atoms with E-state index in [1.807, 2.05) is 6.07 Å². The molecule has 96 valence electrons. The second-order valence-electron chi connectivity index (χ2n) is 3.63. The topological polar surface area (TPSA) is 83.6 Å². The van der Waals surface area contributed by atoms with Crippen LogP contribution in [0.5, 0.6) is 0 Å². The number of anilines is 1. The van der Waals surface area contributed by atoms with E-state index < -0.39 is 5.91 Å². The van der Waals surface area contributed by atoms with Gasteiger partial charge in [0.05, 0.1) is 0 Å². The number of rotatable bonds is 2. The molecule has 0 unspecified atom stereocenters. The first-order valence-electron chi connectivity index (χ1n) is 5.08. The Morgan fingerprint density at radius 2 is 2.05 bits per heavy atom. The summed E-state index contributed by atoms with van der Waals surface area (Å²) in [6.07, 6.45) is 1.50. The second kappa shape index (κ2) is 5.26. The summed E-state index contributed by atoms with van der Waals surface area (Å²) in [5.41, 5.74) is 0.502. The zero-order valence-electron chi connectivity index (χ0n) is 9.69. The Hall–Kier alpha value is -2.10. The molecule has 2 rings (SSSR count). The highest BCUT2D eigenvalue weighted by Crippen LogP contribution is 2.17. The maximum atomic E-state index is 12.0. The third-order valence-electron chi connectivity index (χ3n) is 2.21. The Balaban J connectivity index is 2.28. The monoisotopic (exact) mass is 295 g/mol. The molecule has 0 spiro atoms. The zero-order chi connectivity index (χ0) is 14.0.